The first kappa shape index (κ1) is 23.0. The maximum absolute atomic E-state index is 5.75. The maximum atomic E-state index is 5.75. The topological polar surface area (TPSA) is 40.1 Å². The van der Waals surface area contributed by atoms with Crippen LogP contribution in [0.15, 0.2) is 29.3 Å². The second-order valence-electron chi connectivity index (χ2n) is 6.69. The van der Waals surface area contributed by atoms with Crippen LogP contribution in [-0.4, -0.2) is 63.8 Å². The van der Waals surface area contributed by atoms with Gasteiger partial charge in [-0.3, -0.25) is 4.99 Å². The van der Waals surface area contributed by atoms with Gasteiger partial charge >= 0.3 is 0 Å². The van der Waals surface area contributed by atoms with Crippen LogP contribution in [0.25, 0.3) is 0 Å². The third-order valence-electron chi connectivity index (χ3n) is 4.59. The van der Waals surface area contributed by atoms with Crippen LogP contribution in [-0.2, 0) is 11.2 Å². The summed E-state index contributed by atoms with van der Waals surface area (Å²) < 4.78 is 5.75. The fourth-order valence-electron chi connectivity index (χ4n) is 3.15. The van der Waals surface area contributed by atoms with Crippen molar-refractivity contribution in [1.82, 2.24) is 10.2 Å². The van der Waals surface area contributed by atoms with E-state index in [1.807, 2.05) is 0 Å². The van der Waals surface area contributed by atoms with E-state index in [1.165, 1.54) is 11.3 Å². The van der Waals surface area contributed by atoms with Gasteiger partial charge in [-0.15, -0.1) is 24.0 Å². The Balaban J connectivity index is 0.00000338. The van der Waals surface area contributed by atoms with Gasteiger partial charge in [0.2, 0.25) is 0 Å². The van der Waals surface area contributed by atoms with Crippen molar-refractivity contribution in [3.05, 3.63) is 29.8 Å². The van der Waals surface area contributed by atoms with E-state index >= 15 is 0 Å². The Bertz CT molecular complexity index is 525. The Morgan fingerprint density at radius 2 is 1.85 bits per heavy atom. The molecule has 0 bridgehead atoms. The van der Waals surface area contributed by atoms with Crippen molar-refractivity contribution in [2.45, 2.75) is 39.2 Å². The predicted molar refractivity (Wildman–Crippen MR) is 122 cm³/mol. The van der Waals surface area contributed by atoms with Gasteiger partial charge in [0.1, 0.15) is 0 Å². The molecule has 148 valence electrons. The molecule has 6 heteroatoms. The lowest BCUT2D eigenvalue weighted by Gasteiger charge is -2.34. The van der Waals surface area contributed by atoms with Gasteiger partial charge < -0.3 is 19.9 Å². The Hall–Kier alpha value is -1.02. The van der Waals surface area contributed by atoms with Crippen LogP contribution in [0, 0.1) is 0 Å². The number of likely N-dealkylation sites (tertiary alicyclic amines) is 1. The van der Waals surface area contributed by atoms with Crippen LogP contribution >= 0.6 is 24.0 Å². The van der Waals surface area contributed by atoms with E-state index in [0.717, 1.165) is 58.0 Å². The van der Waals surface area contributed by atoms with Gasteiger partial charge in [-0.25, -0.2) is 0 Å². The van der Waals surface area contributed by atoms with Gasteiger partial charge in [-0.2, -0.15) is 0 Å². The highest BCUT2D eigenvalue weighted by Crippen LogP contribution is 2.15. The Morgan fingerprint density at radius 1 is 1.19 bits per heavy atom. The average molecular weight is 474 g/mol. The van der Waals surface area contributed by atoms with Gasteiger partial charge in [-0.05, 0) is 50.8 Å². The minimum atomic E-state index is 0. The maximum Gasteiger partial charge on any atom is 0.193 e. The highest BCUT2D eigenvalue weighted by atomic mass is 127. The lowest BCUT2D eigenvalue weighted by molar-refractivity contribution is 0.0264. The summed E-state index contributed by atoms with van der Waals surface area (Å²) in [4.78, 5) is 9.33. The second-order valence-corrected chi connectivity index (χ2v) is 6.69. The molecule has 1 aliphatic heterocycles. The largest absolute Gasteiger partial charge is 0.378 e. The van der Waals surface area contributed by atoms with Crippen LogP contribution in [0.2, 0.25) is 0 Å². The number of benzene rings is 1. The number of hydrogen-bond donors (Lipinski definition) is 1. The Morgan fingerprint density at radius 3 is 2.38 bits per heavy atom. The van der Waals surface area contributed by atoms with E-state index in [2.05, 4.69) is 67.3 Å². The zero-order chi connectivity index (χ0) is 18.1. The second kappa shape index (κ2) is 12.4. The standard InChI is InChI=1S/C20H34N4O.HI/c1-5-21-20(24-15-12-19(13-16-24)25-6-2)22-14-11-17-7-9-18(10-8-17)23(3)4;/h7-10,19H,5-6,11-16H2,1-4H3,(H,21,22);1H. The van der Waals surface area contributed by atoms with Gasteiger partial charge in [-0.1, -0.05) is 12.1 Å². The number of piperidine rings is 1. The van der Waals surface area contributed by atoms with Crippen molar-refractivity contribution in [2.24, 2.45) is 4.99 Å². The number of ether oxygens (including phenoxy) is 1. The number of rotatable bonds is 7. The van der Waals surface area contributed by atoms with E-state index in [9.17, 15) is 0 Å². The average Bonchev–Trinajstić information content (AvgIpc) is 2.62. The molecule has 2 rings (SSSR count). The number of nitrogens with zero attached hydrogens (tertiary/aromatic N) is 3. The molecule has 1 heterocycles. The van der Waals surface area contributed by atoms with E-state index in [4.69, 9.17) is 9.73 Å². The summed E-state index contributed by atoms with van der Waals surface area (Å²) in [6.07, 6.45) is 3.56. The molecule has 1 aromatic carbocycles. The molecule has 0 radical (unpaired) electrons. The molecule has 1 N–H and O–H groups in total. The summed E-state index contributed by atoms with van der Waals surface area (Å²) in [6, 6.07) is 8.74. The molecule has 0 saturated carbocycles. The van der Waals surface area contributed by atoms with Gasteiger partial charge in [0.25, 0.3) is 0 Å². The van der Waals surface area contributed by atoms with E-state index in [-0.39, 0.29) is 24.0 Å². The van der Waals surface area contributed by atoms with Crippen LogP contribution in [0.3, 0.4) is 0 Å². The fraction of sp³-hybridized carbons (Fsp3) is 0.650. The quantitative estimate of drug-likeness (QED) is 0.374. The molecule has 1 aliphatic rings. The van der Waals surface area contributed by atoms with E-state index < -0.39 is 0 Å². The monoisotopic (exact) mass is 474 g/mol. The summed E-state index contributed by atoms with van der Waals surface area (Å²) in [7, 11) is 4.13. The minimum Gasteiger partial charge on any atom is -0.378 e. The van der Waals surface area contributed by atoms with Gasteiger partial charge in [0.05, 0.1) is 6.10 Å². The number of guanidine groups is 1. The number of aliphatic imine (C=N–C) groups is 1. The van der Waals surface area contributed by atoms with E-state index in [1.54, 1.807) is 0 Å². The molecule has 1 aromatic rings. The molecular weight excluding hydrogens is 439 g/mol. The summed E-state index contributed by atoms with van der Waals surface area (Å²) in [5.41, 5.74) is 2.57. The minimum absolute atomic E-state index is 0. The van der Waals surface area contributed by atoms with Crippen molar-refractivity contribution in [2.75, 3.05) is 51.8 Å². The predicted octanol–water partition coefficient (Wildman–Crippen LogP) is 3.38. The first-order valence-electron chi connectivity index (χ1n) is 9.55. The third kappa shape index (κ3) is 7.31. The summed E-state index contributed by atoms with van der Waals surface area (Å²) in [6.45, 7) is 8.77. The van der Waals surface area contributed by atoms with Crippen molar-refractivity contribution < 1.29 is 4.74 Å². The van der Waals surface area contributed by atoms with E-state index in [0.29, 0.717) is 6.10 Å². The molecule has 0 unspecified atom stereocenters. The summed E-state index contributed by atoms with van der Waals surface area (Å²) in [5.74, 6) is 1.04. The first-order valence-corrected chi connectivity index (χ1v) is 9.55. The molecule has 0 amide bonds. The number of anilines is 1. The molecule has 0 atom stereocenters. The molecule has 1 saturated heterocycles. The van der Waals surface area contributed by atoms with Crippen LogP contribution in [0.1, 0.15) is 32.3 Å². The highest BCUT2D eigenvalue weighted by Gasteiger charge is 2.21. The molecular formula is C20H35IN4O. The van der Waals surface area contributed by atoms with Gasteiger partial charge in [0.15, 0.2) is 5.96 Å². The Kier molecular flexibility index (Phi) is 11.0. The number of hydrogen-bond acceptors (Lipinski definition) is 3. The van der Waals surface area contributed by atoms with Crippen molar-refractivity contribution in [1.29, 1.82) is 0 Å². The van der Waals surface area contributed by atoms with Crippen LogP contribution in [0.5, 0.6) is 0 Å². The third-order valence-corrected chi connectivity index (χ3v) is 4.59. The van der Waals surface area contributed by atoms with Crippen LogP contribution in [0.4, 0.5) is 5.69 Å². The molecule has 1 fully saturated rings. The summed E-state index contributed by atoms with van der Waals surface area (Å²) >= 11 is 0. The lowest BCUT2D eigenvalue weighted by Crippen LogP contribution is -2.47. The highest BCUT2D eigenvalue weighted by molar-refractivity contribution is 14.0. The van der Waals surface area contributed by atoms with Crippen LogP contribution < -0.4 is 10.2 Å². The molecule has 0 aliphatic carbocycles. The van der Waals surface area contributed by atoms with Crippen molar-refractivity contribution in [3.63, 3.8) is 0 Å². The SMILES string of the molecule is CCNC(=NCCc1ccc(N(C)C)cc1)N1CCC(OCC)CC1.I. The molecule has 0 spiro atoms. The molecule has 0 aromatic heterocycles. The molecule has 5 nitrogen and oxygen atoms in total. The fourth-order valence-corrected chi connectivity index (χ4v) is 3.15. The first-order chi connectivity index (χ1) is 12.1. The van der Waals surface area contributed by atoms with Gasteiger partial charge in [0, 0.05) is 52.6 Å². The Labute approximate surface area is 176 Å². The molecule has 26 heavy (non-hydrogen) atoms. The normalized spacial score (nSPS) is 15.5. The smallest absolute Gasteiger partial charge is 0.193 e. The van der Waals surface area contributed by atoms with Crippen molar-refractivity contribution in [3.8, 4) is 0 Å². The number of nitrogens with one attached hydrogen (secondary N) is 1. The summed E-state index contributed by atoms with van der Waals surface area (Å²) in [5, 5.41) is 3.44. The zero-order valence-corrected chi connectivity index (χ0v) is 19.0. The zero-order valence-electron chi connectivity index (χ0n) is 16.7. The lowest BCUT2D eigenvalue weighted by atomic mass is 10.1. The number of halogens is 1. The van der Waals surface area contributed by atoms with Crippen molar-refractivity contribution >= 4 is 35.6 Å².